The molecule has 8 nitrogen and oxygen atoms in total. The molecule has 34 heavy (non-hydrogen) atoms. The number of methoxy groups -OCH3 is 1. The van der Waals surface area contributed by atoms with Crippen molar-refractivity contribution in [3.8, 4) is 11.1 Å². The number of alkyl carbamates (subject to hydrolysis) is 1. The number of aliphatic carboxylic acids is 1. The SMILES string of the molecule is COCCC(C)(C)NC(=O)C(CCC(=O)O)NC(=O)OCC1c2ccccc2-c2ccccc21. The molecule has 1 unspecified atom stereocenters. The topological polar surface area (TPSA) is 114 Å². The van der Waals surface area contributed by atoms with E-state index >= 15 is 0 Å². The number of carboxylic acids is 1. The molecule has 3 rings (SSSR count). The second-order valence-electron chi connectivity index (χ2n) is 9.07. The van der Waals surface area contributed by atoms with Crippen LogP contribution in [0.4, 0.5) is 4.79 Å². The normalized spacial score (nSPS) is 13.5. The highest BCUT2D eigenvalue weighted by Gasteiger charge is 2.31. The molecule has 0 saturated carbocycles. The molecule has 182 valence electrons. The van der Waals surface area contributed by atoms with Crippen molar-refractivity contribution in [3.63, 3.8) is 0 Å². The van der Waals surface area contributed by atoms with Crippen LogP contribution in [0.3, 0.4) is 0 Å². The number of rotatable bonds is 11. The number of carbonyl (C=O) groups excluding carboxylic acids is 2. The highest BCUT2D eigenvalue weighted by molar-refractivity contribution is 5.86. The summed E-state index contributed by atoms with van der Waals surface area (Å²) >= 11 is 0. The van der Waals surface area contributed by atoms with Gasteiger partial charge in [-0.1, -0.05) is 48.5 Å². The van der Waals surface area contributed by atoms with Crippen LogP contribution in [0.15, 0.2) is 48.5 Å². The highest BCUT2D eigenvalue weighted by Crippen LogP contribution is 2.44. The first kappa shape index (κ1) is 25.2. The first-order chi connectivity index (χ1) is 16.2. The lowest BCUT2D eigenvalue weighted by molar-refractivity contribution is -0.137. The fourth-order valence-corrected chi connectivity index (χ4v) is 4.16. The van der Waals surface area contributed by atoms with Crippen molar-refractivity contribution >= 4 is 18.0 Å². The van der Waals surface area contributed by atoms with Gasteiger partial charge in [-0.3, -0.25) is 9.59 Å². The Kier molecular flexibility index (Phi) is 8.28. The van der Waals surface area contributed by atoms with Crippen LogP contribution in [0.25, 0.3) is 11.1 Å². The minimum atomic E-state index is -1.05. The summed E-state index contributed by atoms with van der Waals surface area (Å²) in [5, 5.41) is 14.5. The number of hydrogen-bond acceptors (Lipinski definition) is 5. The number of ether oxygens (including phenoxy) is 2. The van der Waals surface area contributed by atoms with Crippen molar-refractivity contribution in [2.75, 3.05) is 20.3 Å². The molecular formula is C26H32N2O6. The summed E-state index contributed by atoms with van der Waals surface area (Å²) in [6.07, 6.45) is -0.514. The van der Waals surface area contributed by atoms with Gasteiger partial charge in [0.25, 0.3) is 0 Å². The fourth-order valence-electron chi connectivity index (χ4n) is 4.16. The Morgan fingerprint density at radius 2 is 1.62 bits per heavy atom. The zero-order chi connectivity index (χ0) is 24.7. The summed E-state index contributed by atoms with van der Waals surface area (Å²) in [7, 11) is 1.58. The Labute approximate surface area is 199 Å². The molecule has 0 heterocycles. The van der Waals surface area contributed by atoms with Crippen LogP contribution in [0.5, 0.6) is 0 Å². The summed E-state index contributed by atoms with van der Waals surface area (Å²) in [6.45, 7) is 4.23. The van der Waals surface area contributed by atoms with E-state index in [-0.39, 0.29) is 25.4 Å². The van der Waals surface area contributed by atoms with Gasteiger partial charge in [0.05, 0.1) is 0 Å². The molecule has 2 aromatic rings. The first-order valence-electron chi connectivity index (χ1n) is 11.4. The molecule has 0 bridgehead atoms. The zero-order valence-corrected chi connectivity index (χ0v) is 19.8. The number of hydrogen-bond donors (Lipinski definition) is 3. The van der Waals surface area contributed by atoms with E-state index in [4.69, 9.17) is 14.6 Å². The Morgan fingerprint density at radius 3 is 2.18 bits per heavy atom. The lowest BCUT2D eigenvalue weighted by Crippen LogP contribution is -2.53. The standard InChI is InChI=1S/C26H32N2O6/c1-26(2,14-15-33-3)28-24(31)22(12-13-23(29)30)27-25(32)34-16-21-19-10-6-4-8-17(19)18-9-5-7-11-20(18)21/h4-11,21-22H,12-16H2,1-3H3,(H,27,32)(H,28,31)(H,29,30). The van der Waals surface area contributed by atoms with E-state index in [1.54, 1.807) is 7.11 Å². The second kappa shape index (κ2) is 11.2. The summed E-state index contributed by atoms with van der Waals surface area (Å²) in [5.41, 5.74) is 3.80. The maximum Gasteiger partial charge on any atom is 0.407 e. The van der Waals surface area contributed by atoms with Crippen LogP contribution >= 0.6 is 0 Å². The molecule has 0 saturated heterocycles. The van der Waals surface area contributed by atoms with Gasteiger partial charge in [-0.15, -0.1) is 0 Å². The summed E-state index contributed by atoms with van der Waals surface area (Å²) in [5.74, 6) is -1.63. The predicted octanol–water partition coefficient (Wildman–Crippen LogP) is 3.69. The molecule has 1 aliphatic carbocycles. The molecule has 0 aromatic heterocycles. The van der Waals surface area contributed by atoms with Crippen LogP contribution in [0.2, 0.25) is 0 Å². The number of carboxylic acid groups (broad SMARTS) is 1. The third-order valence-corrected chi connectivity index (χ3v) is 5.99. The van der Waals surface area contributed by atoms with Gasteiger partial charge in [0, 0.05) is 31.6 Å². The van der Waals surface area contributed by atoms with Crippen molar-refractivity contribution in [1.29, 1.82) is 0 Å². The van der Waals surface area contributed by atoms with E-state index in [0.717, 1.165) is 22.3 Å². The molecule has 0 radical (unpaired) electrons. The van der Waals surface area contributed by atoms with E-state index < -0.39 is 29.6 Å². The van der Waals surface area contributed by atoms with Gasteiger partial charge in [-0.05, 0) is 48.9 Å². The largest absolute Gasteiger partial charge is 0.481 e. The number of amides is 2. The molecule has 8 heteroatoms. The summed E-state index contributed by atoms with van der Waals surface area (Å²) in [6, 6.07) is 15.0. The number of nitrogens with one attached hydrogen (secondary N) is 2. The minimum absolute atomic E-state index is 0.0499. The number of benzene rings is 2. The maximum atomic E-state index is 12.8. The van der Waals surface area contributed by atoms with Gasteiger partial charge in [0.2, 0.25) is 5.91 Å². The van der Waals surface area contributed by atoms with Crippen LogP contribution in [0.1, 0.15) is 50.2 Å². The zero-order valence-electron chi connectivity index (χ0n) is 19.8. The average Bonchev–Trinajstić information content (AvgIpc) is 3.12. The van der Waals surface area contributed by atoms with E-state index in [2.05, 4.69) is 10.6 Å². The maximum absolute atomic E-state index is 12.8. The van der Waals surface area contributed by atoms with Gasteiger partial charge < -0.3 is 25.2 Å². The first-order valence-corrected chi connectivity index (χ1v) is 11.4. The van der Waals surface area contributed by atoms with Crippen molar-refractivity contribution < 1.29 is 29.0 Å². The number of carbonyl (C=O) groups is 3. The van der Waals surface area contributed by atoms with Crippen molar-refractivity contribution in [3.05, 3.63) is 59.7 Å². The quantitative estimate of drug-likeness (QED) is 0.464. The fraction of sp³-hybridized carbons (Fsp3) is 0.423. The lowest BCUT2D eigenvalue weighted by atomic mass is 9.98. The van der Waals surface area contributed by atoms with E-state index in [1.165, 1.54) is 0 Å². The smallest absolute Gasteiger partial charge is 0.407 e. The summed E-state index contributed by atoms with van der Waals surface area (Å²) in [4.78, 5) is 36.6. The van der Waals surface area contributed by atoms with E-state index in [1.807, 2.05) is 62.4 Å². The molecular weight excluding hydrogens is 436 g/mol. The van der Waals surface area contributed by atoms with Crippen molar-refractivity contribution in [1.82, 2.24) is 10.6 Å². The lowest BCUT2D eigenvalue weighted by Gasteiger charge is -2.29. The Balaban J connectivity index is 1.65. The van der Waals surface area contributed by atoms with Crippen LogP contribution in [-0.2, 0) is 19.1 Å². The molecule has 2 amide bonds. The Bertz CT molecular complexity index is 990. The molecule has 3 N–H and O–H groups in total. The van der Waals surface area contributed by atoms with Gasteiger partial charge in [-0.25, -0.2) is 4.79 Å². The third kappa shape index (κ3) is 6.35. The predicted molar refractivity (Wildman–Crippen MR) is 128 cm³/mol. The van der Waals surface area contributed by atoms with Crippen molar-refractivity contribution in [2.24, 2.45) is 0 Å². The molecule has 1 aliphatic rings. The summed E-state index contributed by atoms with van der Waals surface area (Å²) < 4.78 is 10.6. The van der Waals surface area contributed by atoms with Crippen molar-refractivity contribution in [2.45, 2.75) is 50.6 Å². The molecule has 0 spiro atoms. The molecule has 0 fully saturated rings. The third-order valence-electron chi connectivity index (χ3n) is 5.99. The number of fused-ring (bicyclic) bond motifs is 3. The molecule has 1 atom stereocenters. The molecule has 0 aliphatic heterocycles. The van der Waals surface area contributed by atoms with Crippen LogP contribution in [0, 0.1) is 0 Å². The van der Waals surface area contributed by atoms with E-state index in [0.29, 0.717) is 13.0 Å². The van der Waals surface area contributed by atoms with Crippen LogP contribution < -0.4 is 10.6 Å². The average molecular weight is 469 g/mol. The van der Waals surface area contributed by atoms with Gasteiger partial charge in [0.15, 0.2) is 0 Å². The minimum Gasteiger partial charge on any atom is -0.481 e. The Morgan fingerprint density at radius 1 is 1.03 bits per heavy atom. The monoisotopic (exact) mass is 468 g/mol. The van der Waals surface area contributed by atoms with E-state index in [9.17, 15) is 14.4 Å². The van der Waals surface area contributed by atoms with Gasteiger partial charge >= 0.3 is 12.1 Å². The highest BCUT2D eigenvalue weighted by atomic mass is 16.5. The molecule has 2 aromatic carbocycles. The van der Waals surface area contributed by atoms with Gasteiger partial charge in [0.1, 0.15) is 12.6 Å². The Hall–Kier alpha value is -3.39. The second-order valence-corrected chi connectivity index (χ2v) is 9.07. The van der Waals surface area contributed by atoms with Crippen LogP contribution in [-0.4, -0.2) is 55.0 Å². The van der Waals surface area contributed by atoms with Gasteiger partial charge in [-0.2, -0.15) is 0 Å².